The largest absolute Gasteiger partial charge is 0.437 e. The first-order valence-corrected chi connectivity index (χ1v) is 8.91. The van der Waals surface area contributed by atoms with E-state index < -0.39 is 5.76 Å². The second-order valence-electron chi connectivity index (χ2n) is 6.16. The van der Waals surface area contributed by atoms with Gasteiger partial charge in [0.25, 0.3) is 5.89 Å². The smallest absolute Gasteiger partial charge is 0.387 e. The van der Waals surface area contributed by atoms with Crippen molar-refractivity contribution in [3.8, 4) is 10.8 Å². The maximum Gasteiger partial charge on any atom is 0.437 e. The van der Waals surface area contributed by atoms with E-state index in [9.17, 15) is 9.59 Å². The molecule has 1 fully saturated rings. The number of thiophene rings is 1. The zero-order valence-corrected chi connectivity index (χ0v) is 14.0. The van der Waals surface area contributed by atoms with E-state index >= 15 is 0 Å². The molecule has 0 aliphatic heterocycles. The molecule has 2 heterocycles. The van der Waals surface area contributed by atoms with Crippen molar-refractivity contribution in [2.75, 3.05) is 0 Å². The molecule has 0 radical (unpaired) electrons. The third-order valence-electron chi connectivity index (χ3n) is 4.14. The average Bonchev–Trinajstić information content (AvgIpc) is 3.21. The fraction of sp³-hybridized carbons (Fsp3) is 0.562. The Balaban J connectivity index is 1.56. The van der Waals surface area contributed by atoms with Gasteiger partial charge in [-0.15, -0.1) is 16.4 Å². The summed E-state index contributed by atoms with van der Waals surface area (Å²) in [6, 6.07) is 3.57. The minimum atomic E-state index is -0.495. The second kappa shape index (κ2) is 7.12. The summed E-state index contributed by atoms with van der Waals surface area (Å²) in [5.74, 6) is 0.404. The molecule has 0 aromatic carbocycles. The number of hydrogen-bond acceptors (Lipinski definition) is 5. The molecule has 1 atom stereocenters. The summed E-state index contributed by atoms with van der Waals surface area (Å²) in [6.45, 7) is 2.18. The number of nitrogens with zero attached hydrogens (tertiary/aromatic N) is 2. The van der Waals surface area contributed by atoms with E-state index in [1.54, 1.807) is 0 Å². The van der Waals surface area contributed by atoms with E-state index in [4.69, 9.17) is 4.42 Å². The van der Waals surface area contributed by atoms with Gasteiger partial charge in [0.15, 0.2) is 0 Å². The van der Waals surface area contributed by atoms with Gasteiger partial charge in [-0.2, -0.15) is 4.68 Å². The van der Waals surface area contributed by atoms with E-state index in [2.05, 4.69) is 10.4 Å². The SMILES string of the molecule is C[C@@H](Cn1nc(-c2cccs2)oc1=O)NC(=O)CC1CCCC1. The summed E-state index contributed by atoms with van der Waals surface area (Å²) in [7, 11) is 0. The van der Waals surface area contributed by atoms with Crippen LogP contribution in [0.1, 0.15) is 39.0 Å². The molecule has 0 unspecified atom stereocenters. The van der Waals surface area contributed by atoms with Crippen LogP contribution in [0.15, 0.2) is 26.7 Å². The maximum absolute atomic E-state index is 12.0. The Hall–Kier alpha value is -1.89. The van der Waals surface area contributed by atoms with E-state index in [1.165, 1.54) is 28.9 Å². The van der Waals surface area contributed by atoms with Gasteiger partial charge in [0.05, 0.1) is 11.4 Å². The van der Waals surface area contributed by atoms with E-state index in [0.717, 1.165) is 17.7 Å². The van der Waals surface area contributed by atoms with Gasteiger partial charge in [0, 0.05) is 12.5 Å². The Morgan fingerprint density at radius 1 is 1.52 bits per heavy atom. The highest BCUT2D eigenvalue weighted by Gasteiger charge is 2.20. The van der Waals surface area contributed by atoms with E-state index in [0.29, 0.717) is 24.8 Å². The molecule has 0 spiro atoms. The number of rotatable bonds is 6. The molecule has 2 aromatic rings. The first-order valence-electron chi connectivity index (χ1n) is 8.03. The lowest BCUT2D eigenvalue weighted by molar-refractivity contribution is -0.122. The highest BCUT2D eigenvalue weighted by atomic mass is 32.1. The highest BCUT2D eigenvalue weighted by molar-refractivity contribution is 7.13. The van der Waals surface area contributed by atoms with Crippen molar-refractivity contribution in [3.63, 3.8) is 0 Å². The maximum atomic E-state index is 12.0. The highest BCUT2D eigenvalue weighted by Crippen LogP contribution is 2.27. The Bertz CT molecular complexity index is 698. The van der Waals surface area contributed by atoms with E-state index in [1.807, 2.05) is 24.4 Å². The molecule has 1 saturated carbocycles. The predicted molar refractivity (Wildman–Crippen MR) is 88.3 cm³/mol. The van der Waals surface area contributed by atoms with Crippen LogP contribution in [0, 0.1) is 5.92 Å². The molecular formula is C16H21N3O3S. The minimum Gasteiger partial charge on any atom is -0.387 e. The average molecular weight is 335 g/mol. The van der Waals surface area contributed by atoms with Crippen LogP contribution >= 0.6 is 11.3 Å². The summed E-state index contributed by atoms with van der Waals surface area (Å²) in [4.78, 5) is 24.7. The fourth-order valence-corrected chi connectivity index (χ4v) is 3.68. The van der Waals surface area contributed by atoms with Gasteiger partial charge >= 0.3 is 5.76 Å². The van der Waals surface area contributed by atoms with Crippen molar-refractivity contribution in [2.45, 2.75) is 51.6 Å². The van der Waals surface area contributed by atoms with Crippen molar-refractivity contribution in [1.29, 1.82) is 0 Å². The lowest BCUT2D eigenvalue weighted by Gasteiger charge is -2.15. The first-order chi connectivity index (χ1) is 11.1. The Kier molecular flexibility index (Phi) is 4.95. The van der Waals surface area contributed by atoms with Crippen LogP contribution in [0.2, 0.25) is 0 Å². The molecule has 3 rings (SSSR count). The predicted octanol–water partition coefficient (Wildman–Crippen LogP) is 2.65. The van der Waals surface area contributed by atoms with Gasteiger partial charge in [0.2, 0.25) is 5.91 Å². The number of amides is 1. The standard InChI is InChI=1S/C16H21N3O3S/c1-11(17-14(20)9-12-5-2-3-6-12)10-19-16(21)22-15(18-19)13-7-4-8-23-13/h4,7-8,11-12H,2-3,5-6,9-10H2,1H3,(H,17,20)/t11-/m0/s1. The molecular weight excluding hydrogens is 314 g/mol. The summed E-state index contributed by atoms with van der Waals surface area (Å²) >= 11 is 1.47. The lowest BCUT2D eigenvalue weighted by atomic mass is 10.0. The number of carbonyl (C=O) groups is 1. The Morgan fingerprint density at radius 2 is 2.30 bits per heavy atom. The lowest BCUT2D eigenvalue weighted by Crippen LogP contribution is -2.38. The minimum absolute atomic E-state index is 0.0550. The Labute approximate surface area is 138 Å². The Morgan fingerprint density at radius 3 is 3.00 bits per heavy atom. The van der Waals surface area contributed by atoms with Crippen LogP contribution in [-0.2, 0) is 11.3 Å². The second-order valence-corrected chi connectivity index (χ2v) is 7.10. The normalized spacial score (nSPS) is 16.6. The molecule has 1 N–H and O–H groups in total. The topological polar surface area (TPSA) is 77.1 Å². The van der Waals surface area contributed by atoms with Crippen LogP contribution < -0.4 is 11.1 Å². The van der Waals surface area contributed by atoms with Gasteiger partial charge < -0.3 is 9.73 Å². The monoisotopic (exact) mass is 335 g/mol. The number of aromatic nitrogens is 2. The molecule has 124 valence electrons. The third-order valence-corrected chi connectivity index (χ3v) is 5.00. The third kappa shape index (κ3) is 4.10. The molecule has 1 aliphatic rings. The molecule has 0 bridgehead atoms. The number of nitrogens with one attached hydrogen (secondary N) is 1. The summed E-state index contributed by atoms with van der Waals surface area (Å²) in [5.41, 5.74) is 0. The quantitative estimate of drug-likeness (QED) is 0.880. The number of carbonyl (C=O) groups excluding carboxylic acids is 1. The fourth-order valence-electron chi connectivity index (χ4n) is 3.04. The summed E-state index contributed by atoms with van der Waals surface area (Å²) in [6.07, 6.45) is 5.34. The zero-order chi connectivity index (χ0) is 16.2. The first kappa shape index (κ1) is 16.0. The molecule has 1 aliphatic carbocycles. The van der Waals surface area contributed by atoms with Crippen molar-refractivity contribution in [1.82, 2.24) is 15.1 Å². The molecule has 2 aromatic heterocycles. The van der Waals surface area contributed by atoms with Crippen molar-refractivity contribution in [2.24, 2.45) is 5.92 Å². The summed E-state index contributed by atoms with van der Waals surface area (Å²) < 4.78 is 6.44. The van der Waals surface area contributed by atoms with Crippen molar-refractivity contribution >= 4 is 17.2 Å². The molecule has 7 heteroatoms. The molecule has 23 heavy (non-hydrogen) atoms. The number of hydrogen-bond donors (Lipinski definition) is 1. The van der Waals surface area contributed by atoms with Crippen molar-refractivity contribution < 1.29 is 9.21 Å². The summed E-state index contributed by atoms with van der Waals surface area (Å²) in [5, 5.41) is 9.05. The molecule has 6 nitrogen and oxygen atoms in total. The van der Waals surface area contributed by atoms with Crippen LogP contribution in [0.3, 0.4) is 0 Å². The van der Waals surface area contributed by atoms with Crippen LogP contribution in [0.4, 0.5) is 0 Å². The van der Waals surface area contributed by atoms with Crippen molar-refractivity contribution in [3.05, 3.63) is 28.1 Å². The van der Waals surface area contributed by atoms with Gasteiger partial charge in [0.1, 0.15) is 0 Å². The van der Waals surface area contributed by atoms with Crippen LogP contribution in [-0.4, -0.2) is 21.7 Å². The zero-order valence-electron chi connectivity index (χ0n) is 13.2. The van der Waals surface area contributed by atoms with Gasteiger partial charge in [-0.05, 0) is 37.1 Å². The van der Waals surface area contributed by atoms with Gasteiger partial charge in [-0.1, -0.05) is 18.9 Å². The molecule has 1 amide bonds. The van der Waals surface area contributed by atoms with Crippen LogP contribution in [0.5, 0.6) is 0 Å². The molecule has 0 saturated heterocycles. The van der Waals surface area contributed by atoms with E-state index in [-0.39, 0.29) is 11.9 Å². The van der Waals surface area contributed by atoms with Gasteiger partial charge in [-0.3, -0.25) is 4.79 Å². The van der Waals surface area contributed by atoms with Crippen LogP contribution in [0.25, 0.3) is 10.8 Å². The van der Waals surface area contributed by atoms with Gasteiger partial charge in [-0.25, -0.2) is 4.79 Å².